The van der Waals surface area contributed by atoms with E-state index in [4.69, 9.17) is 5.11 Å². The molecular weight excluding hydrogens is 152 g/mol. The van der Waals surface area contributed by atoms with Crippen molar-refractivity contribution in [1.29, 1.82) is 0 Å². The highest BCUT2D eigenvalue weighted by Crippen LogP contribution is 2.39. The molecule has 70 valence electrons. The summed E-state index contributed by atoms with van der Waals surface area (Å²) in [5.41, 5.74) is 0. The molecule has 0 spiro atoms. The van der Waals surface area contributed by atoms with Gasteiger partial charge in [0.25, 0.3) is 0 Å². The van der Waals surface area contributed by atoms with Gasteiger partial charge in [-0.2, -0.15) is 0 Å². The van der Waals surface area contributed by atoms with Crippen LogP contribution < -0.4 is 0 Å². The number of rotatable bonds is 5. The van der Waals surface area contributed by atoms with Gasteiger partial charge >= 0.3 is 5.97 Å². The first-order chi connectivity index (χ1) is 5.72. The molecule has 0 amide bonds. The van der Waals surface area contributed by atoms with E-state index in [1.54, 1.807) is 0 Å². The molecule has 12 heavy (non-hydrogen) atoms. The summed E-state index contributed by atoms with van der Waals surface area (Å²) in [5, 5.41) is 8.45. The predicted octanol–water partition coefficient (Wildman–Crippen LogP) is 2.68. The largest absolute Gasteiger partial charge is 0.481 e. The van der Waals surface area contributed by atoms with E-state index in [0.717, 1.165) is 18.3 Å². The summed E-state index contributed by atoms with van der Waals surface area (Å²) in [6, 6.07) is 0. The summed E-state index contributed by atoms with van der Waals surface area (Å²) in [6.07, 6.45) is 6.43. The van der Waals surface area contributed by atoms with Crippen molar-refractivity contribution in [3.05, 3.63) is 0 Å². The average Bonchev–Trinajstić information content (AvgIpc) is 1.93. The highest BCUT2D eigenvalue weighted by molar-refractivity contribution is 5.66. The van der Waals surface area contributed by atoms with Crippen molar-refractivity contribution in [2.24, 2.45) is 11.8 Å². The maximum Gasteiger partial charge on any atom is 0.303 e. The van der Waals surface area contributed by atoms with Crippen LogP contribution in [0.2, 0.25) is 0 Å². The first-order valence-electron chi connectivity index (χ1n) is 4.94. The fraction of sp³-hybridized carbons (Fsp3) is 0.900. The molecule has 1 N–H and O–H groups in total. The lowest BCUT2D eigenvalue weighted by molar-refractivity contribution is -0.137. The molecule has 0 atom stereocenters. The van der Waals surface area contributed by atoms with Gasteiger partial charge < -0.3 is 5.11 Å². The Labute approximate surface area is 74.0 Å². The first kappa shape index (κ1) is 9.56. The monoisotopic (exact) mass is 170 g/mol. The second kappa shape index (κ2) is 4.48. The Morgan fingerprint density at radius 3 is 2.42 bits per heavy atom. The molecule has 1 fully saturated rings. The highest BCUT2D eigenvalue weighted by Gasteiger charge is 2.27. The van der Waals surface area contributed by atoms with Gasteiger partial charge in [-0.15, -0.1) is 0 Å². The van der Waals surface area contributed by atoms with Crippen molar-refractivity contribution in [1.82, 2.24) is 0 Å². The van der Waals surface area contributed by atoms with Crippen LogP contribution in [0.1, 0.15) is 45.4 Å². The average molecular weight is 170 g/mol. The van der Waals surface area contributed by atoms with Crippen molar-refractivity contribution in [2.75, 3.05) is 0 Å². The van der Waals surface area contributed by atoms with Gasteiger partial charge in [-0.1, -0.05) is 19.8 Å². The fourth-order valence-electron chi connectivity index (χ4n) is 2.08. The number of hydrogen-bond acceptors (Lipinski definition) is 1. The minimum absolute atomic E-state index is 0.365. The minimum atomic E-state index is -0.644. The normalized spacial score (nSPS) is 28.1. The second-order valence-electron chi connectivity index (χ2n) is 3.92. The molecule has 1 saturated carbocycles. The number of carboxylic acid groups (broad SMARTS) is 1. The van der Waals surface area contributed by atoms with Crippen LogP contribution in [0, 0.1) is 11.8 Å². The Morgan fingerprint density at radius 2 is 1.92 bits per heavy atom. The van der Waals surface area contributed by atoms with Crippen LogP contribution in [0.25, 0.3) is 0 Å². The summed E-state index contributed by atoms with van der Waals surface area (Å²) in [6.45, 7) is 2.21. The third-order valence-corrected chi connectivity index (χ3v) is 2.80. The number of hydrogen-bond donors (Lipinski definition) is 1. The van der Waals surface area contributed by atoms with E-state index in [-0.39, 0.29) is 0 Å². The lowest BCUT2D eigenvalue weighted by Crippen LogP contribution is -2.23. The van der Waals surface area contributed by atoms with Crippen molar-refractivity contribution < 1.29 is 9.90 Å². The number of aliphatic carboxylic acids is 1. The lowest BCUT2D eigenvalue weighted by atomic mass is 9.71. The molecule has 1 aliphatic rings. The van der Waals surface area contributed by atoms with Crippen molar-refractivity contribution in [3.63, 3.8) is 0 Å². The lowest BCUT2D eigenvalue weighted by Gasteiger charge is -2.35. The van der Waals surface area contributed by atoms with Crippen molar-refractivity contribution >= 4 is 5.97 Å². The molecule has 1 aliphatic carbocycles. The Balaban J connectivity index is 1.98. The molecule has 2 nitrogen and oxygen atoms in total. The summed E-state index contributed by atoms with van der Waals surface area (Å²) in [4.78, 5) is 10.3. The second-order valence-corrected chi connectivity index (χ2v) is 3.92. The Bertz CT molecular complexity index is 148. The molecule has 0 aromatic carbocycles. The van der Waals surface area contributed by atoms with Crippen molar-refractivity contribution in [2.45, 2.75) is 45.4 Å². The number of carbonyl (C=O) groups is 1. The van der Waals surface area contributed by atoms with Gasteiger partial charge in [0.1, 0.15) is 0 Å². The number of carboxylic acids is 1. The predicted molar refractivity (Wildman–Crippen MR) is 48.0 cm³/mol. The summed E-state index contributed by atoms with van der Waals surface area (Å²) < 4.78 is 0. The molecule has 0 aliphatic heterocycles. The maximum absolute atomic E-state index is 10.3. The smallest absolute Gasteiger partial charge is 0.303 e. The van der Waals surface area contributed by atoms with Crippen LogP contribution in [0.3, 0.4) is 0 Å². The van der Waals surface area contributed by atoms with Crippen LogP contribution in [0.15, 0.2) is 0 Å². The van der Waals surface area contributed by atoms with Crippen LogP contribution in [-0.2, 0) is 4.79 Å². The molecule has 0 bridgehead atoms. The summed E-state index contributed by atoms with van der Waals surface area (Å²) in [7, 11) is 0. The van der Waals surface area contributed by atoms with E-state index in [9.17, 15) is 4.79 Å². The molecule has 2 heteroatoms. The van der Waals surface area contributed by atoms with Crippen LogP contribution in [0.4, 0.5) is 0 Å². The molecular formula is C10H18O2. The van der Waals surface area contributed by atoms with Gasteiger partial charge in [0.2, 0.25) is 0 Å². The SMILES string of the molecule is CCCC1CC(CCC(=O)O)C1. The fourth-order valence-corrected chi connectivity index (χ4v) is 2.08. The van der Waals surface area contributed by atoms with E-state index in [1.165, 1.54) is 25.7 Å². The topological polar surface area (TPSA) is 37.3 Å². The highest BCUT2D eigenvalue weighted by atomic mass is 16.4. The van der Waals surface area contributed by atoms with Gasteiger partial charge in [0.05, 0.1) is 0 Å². The van der Waals surface area contributed by atoms with Gasteiger partial charge in [-0.25, -0.2) is 0 Å². The maximum atomic E-state index is 10.3. The molecule has 0 radical (unpaired) electrons. The van der Waals surface area contributed by atoms with E-state index >= 15 is 0 Å². The van der Waals surface area contributed by atoms with Crippen molar-refractivity contribution in [3.8, 4) is 0 Å². The van der Waals surface area contributed by atoms with E-state index in [0.29, 0.717) is 6.42 Å². The van der Waals surface area contributed by atoms with E-state index < -0.39 is 5.97 Å². The zero-order chi connectivity index (χ0) is 8.97. The molecule has 1 rings (SSSR count). The Kier molecular flexibility index (Phi) is 3.57. The standard InChI is InChI=1S/C10H18O2/c1-2-3-8-6-9(7-8)4-5-10(11)12/h8-9H,2-7H2,1H3,(H,11,12). The van der Waals surface area contributed by atoms with Gasteiger partial charge in [-0.05, 0) is 31.1 Å². The van der Waals surface area contributed by atoms with Crippen LogP contribution in [0.5, 0.6) is 0 Å². The first-order valence-corrected chi connectivity index (χ1v) is 4.94. The zero-order valence-corrected chi connectivity index (χ0v) is 7.75. The minimum Gasteiger partial charge on any atom is -0.481 e. The van der Waals surface area contributed by atoms with Gasteiger partial charge in [0.15, 0.2) is 0 Å². The third kappa shape index (κ3) is 2.84. The molecule has 0 unspecified atom stereocenters. The van der Waals surface area contributed by atoms with E-state index in [2.05, 4.69) is 6.92 Å². The molecule has 0 aromatic heterocycles. The third-order valence-electron chi connectivity index (χ3n) is 2.80. The van der Waals surface area contributed by atoms with Gasteiger partial charge in [0, 0.05) is 6.42 Å². The zero-order valence-electron chi connectivity index (χ0n) is 7.75. The van der Waals surface area contributed by atoms with Crippen LogP contribution in [-0.4, -0.2) is 11.1 Å². The summed E-state index contributed by atoms with van der Waals surface area (Å²) in [5.74, 6) is 0.986. The summed E-state index contributed by atoms with van der Waals surface area (Å²) >= 11 is 0. The van der Waals surface area contributed by atoms with Gasteiger partial charge in [-0.3, -0.25) is 4.79 Å². The quantitative estimate of drug-likeness (QED) is 0.688. The van der Waals surface area contributed by atoms with Crippen LogP contribution >= 0.6 is 0 Å². The van der Waals surface area contributed by atoms with E-state index in [1.807, 2.05) is 0 Å². The Hall–Kier alpha value is -0.530. The molecule has 0 saturated heterocycles. The molecule has 0 aromatic rings. The molecule has 0 heterocycles. The Morgan fingerprint density at radius 1 is 1.33 bits per heavy atom.